The highest BCUT2D eigenvalue weighted by atomic mass is 127. The molecule has 2 N–H and O–H groups in total. The summed E-state index contributed by atoms with van der Waals surface area (Å²) in [6, 6.07) is 10.8. The third kappa shape index (κ3) is 7.23. The van der Waals surface area contributed by atoms with Crippen molar-refractivity contribution in [3.05, 3.63) is 51.7 Å². The quantitative estimate of drug-likeness (QED) is 0.363. The first-order valence-corrected chi connectivity index (χ1v) is 9.29. The standard InChI is InChI=1S/C19H28N4S.HI/c1-5-20-19(22-14-18-15(2)11-13-24-18)21-12-10-16-6-8-17(9-7-16)23(3)4;/h6-9,11,13H,5,10,12,14H2,1-4H3,(H2,20,21,22);1H. The Balaban J connectivity index is 0.00000312. The van der Waals surface area contributed by atoms with Crippen LogP contribution in [0.4, 0.5) is 5.69 Å². The van der Waals surface area contributed by atoms with Crippen LogP contribution in [0.25, 0.3) is 0 Å². The molecule has 0 aliphatic rings. The molecule has 0 fully saturated rings. The van der Waals surface area contributed by atoms with Gasteiger partial charge in [-0.3, -0.25) is 0 Å². The number of thiophene rings is 1. The van der Waals surface area contributed by atoms with Crippen LogP contribution < -0.4 is 15.5 Å². The molecule has 0 aliphatic carbocycles. The number of hydrogen-bond donors (Lipinski definition) is 2. The second kappa shape index (κ2) is 11.4. The largest absolute Gasteiger partial charge is 0.378 e. The molecule has 0 bridgehead atoms. The van der Waals surface area contributed by atoms with E-state index in [1.807, 2.05) is 0 Å². The number of rotatable bonds is 7. The molecule has 2 aromatic rings. The van der Waals surface area contributed by atoms with E-state index in [1.54, 1.807) is 11.3 Å². The van der Waals surface area contributed by atoms with Crippen LogP contribution in [-0.2, 0) is 13.0 Å². The topological polar surface area (TPSA) is 39.7 Å². The van der Waals surface area contributed by atoms with Crippen LogP contribution in [0.1, 0.15) is 22.9 Å². The number of anilines is 1. The van der Waals surface area contributed by atoms with Gasteiger partial charge in [-0.25, -0.2) is 4.99 Å². The van der Waals surface area contributed by atoms with Crippen LogP contribution in [0.5, 0.6) is 0 Å². The highest BCUT2D eigenvalue weighted by Crippen LogP contribution is 2.16. The highest BCUT2D eigenvalue weighted by molar-refractivity contribution is 14.0. The summed E-state index contributed by atoms with van der Waals surface area (Å²) in [6.07, 6.45) is 0.982. The minimum atomic E-state index is 0. The Morgan fingerprint density at radius 2 is 1.84 bits per heavy atom. The lowest BCUT2D eigenvalue weighted by Crippen LogP contribution is -2.38. The molecule has 6 heteroatoms. The number of aliphatic imine (C=N–C) groups is 1. The lowest BCUT2D eigenvalue weighted by atomic mass is 10.1. The van der Waals surface area contributed by atoms with Crippen molar-refractivity contribution in [2.75, 3.05) is 32.1 Å². The van der Waals surface area contributed by atoms with E-state index in [0.717, 1.165) is 32.0 Å². The van der Waals surface area contributed by atoms with Crippen LogP contribution in [0.3, 0.4) is 0 Å². The average molecular weight is 472 g/mol. The maximum atomic E-state index is 4.68. The fourth-order valence-electron chi connectivity index (χ4n) is 2.34. The second-order valence-electron chi connectivity index (χ2n) is 5.96. The second-order valence-corrected chi connectivity index (χ2v) is 6.96. The van der Waals surface area contributed by atoms with E-state index in [1.165, 1.54) is 21.7 Å². The molecular formula is C19H29IN4S. The van der Waals surface area contributed by atoms with Crippen molar-refractivity contribution < 1.29 is 0 Å². The summed E-state index contributed by atoms with van der Waals surface area (Å²) < 4.78 is 0. The predicted molar refractivity (Wildman–Crippen MR) is 122 cm³/mol. The van der Waals surface area contributed by atoms with Gasteiger partial charge in [-0.05, 0) is 55.0 Å². The van der Waals surface area contributed by atoms with Gasteiger partial charge in [0.25, 0.3) is 0 Å². The van der Waals surface area contributed by atoms with Crippen molar-refractivity contribution in [3.8, 4) is 0 Å². The van der Waals surface area contributed by atoms with Crippen molar-refractivity contribution in [3.63, 3.8) is 0 Å². The van der Waals surface area contributed by atoms with E-state index in [4.69, 9.17) is 0 Å². The first-order valence-electron chi connectivity index (χ1n) is 8.41. The summed E-state index contributed by atoms with van der Waals surface area (Å²) >= 11 is 1.77. The number of guanidine groups is 1. The number of hydrogen-bond acceptors (Lipinski definition) is 3. The molecule has 0 spiro atoms. The average Bonchev–Trinajstić information content (AvgIpc) is 2.98. The molecule has 0 saturated heterocycles. The molecule has 4 nitrogen and oxygen atoms in total. The molecule has 1 aromatic carbocycles. The Morgan fingerprint density at radius 3 is 2.40 bits per heavy atom. The van der Waals surface area contributed by atoms with Gasteiger partial charge in [0.05, 0.1) is 6.54 Å². The minimum Gasteiger partial charge on any atom is -0.378 e. The summed E-state index contributed by atoms with van der Waals surface area (Å²) in [6.45, 7) is 6.70. The van der Waals surface area contributed by atoms with Crippen LogP contribution >= 0.6 is 35.3 Å². The van der Waals surface area contributed by atoms with E-state index in [2.05, 4.69) is 84.2 Å². The SMILES string of the molecule is CCNC(=NCc1sccc1C)NCCc1ccc(N(C)C)cc1.I. The maximum Gasteiger partial charge on any atom is 0.191 e. The molecule has 2 rings (SSSR count). The Labute approximate surface area is 172 Å². The van der Waals surface area contributed by atoms with E-state index in [9.17, 15) is 0 Å². The van der Waals surface area contributed by atoms with Gasteiger partial charge in [-0.2, -0.15) is 0 Å². The summed E-state index contributed by atoms with van der Waals surface area (Å²) in [5, 5.41) is 8.86. The summed E-state index contributed by atoms with van der Waals surface area (Å²) in [4.78, 5) is 8.12. The van der Waals surface area contributed by atoms with E-state index >= 15 is 0 Å². The third-order valence-electron chi connectivity index (χ3n) is 3.85. The number of nitrogens with one attached hydrogen (secondary N) is 2. The van der Waals surface area contributed by atoms with Crippen molar-refractivity contribution in [1.82, 2.24) is 10.6 Å². The molecule has 25 heavy (non-hydrogen) atoms. The van der Waals surface area contributed by atoms with Crippen LogP contribution in [0.2, 0.25) is 0 Å². The molecule has 0 aliphatic heterocycles. The molecule has 0 radical (unpaired) electrons. The Hall–Kier alpha value is -1.28. The fraction of sp³-hybridized carbons (Fsp3) is 0.421. The van der Waals surface area contributed by atoms with Gasteiger partial charge >= 0.3 is 0 Å². The monoisotopic (exact) mass is 472 g/mol. The Morgan fingerprint density at radius 1 is 1.12 bits per heavy atom. The first kappa shape index (κ1) is 21.8. The molecule has 1 aromatic heterocycles. The van der Waals surface area contributed by atoms with E-state index in [-0.39, 0.29) is 24.0 Å². The Kier molecular flexibility index (Phi) is 9.89. The van der Waals surface area contributed by atoms with Crippen molar-refractivity contribution in [2.24, 2.45) is 4.99 Å². The van der Waals surface area contributed by atoms with Gasteiger partial charge in [0.15, 0.2) is 5.96 Å². The molecule has 138 valence electrons. The summed E-state index contributed by atoms with van der Waals surface area (Å²) in [5.74, 6) is 0.884. The van der Waals surface area contributed by atoms with Gasteiger partial charge < -0.3 is 15.5 Å². The summed E-state index contributed by atoms with van der Waals surface area (Å²) in [5.41, 5.74) is 3.88. The van der Waals surface area contributed by atoms with Gasteiger partial charge in [0.1, 0.15) is 0 Å². The number of nitrogens with zero attached hydrogens (tertiary/aromatic N) is 2. The highest BCUT2D eigenvalue weighted by Gasteiger charge is 2.02. The lowest BCUT2D eigenvalue weighted by molar-refractivity contribution is 0.800. The van der Waals surface area contributed by atoms with Crippen molar-refractivity contribution >= 4 is 47.0 Å². The summed E-state index contributed by atoms with van der Waals surface area (Å²) in [7, 11) is 4.12. The van der Waals surface area contributed by atoms with Crippen molar-refractivity contribution in [2.45, 2.75) is 26.8 Å². The zero-order valence-corrected chi connectivity index (χ0v) is 18.7. The van der Waals surface area contributed by atoms with Crippen LogP contribution in [-0.4, -0.2) is 33.1 Å². The Bertz CT molecular complexity index is 650. The molecule has 0 amide bonds. The molecule has 1 heterocycles. The molecule has 0 unspecified atom stereocenters. The normalized spacial score (nSPS) is 11.0. The lowest BCUT2D eigenvalue weighted by Gasteiger charge is -2.13. The van der Waals surface area contributed by atoms with Gasteiger partial charge in [0, 0.05) is 37.7 Å². The number of halogens is 1. The predicted octanol–water partition coefficient (Wildman–Crippen LogP) is 4.04. The zero-order valence-electron chi connectivity index (χ0n) is 15.5. The van der Waals surface area contributed by atoms with E-state index in [0.29, 0.717) is 0 Å². The number of aryl methyl sites for hydroxylation is 1. The van der Waals surface area contributed by atoms with Gasteiger partial charge in [0.2, 0.25) is 0 Å². The molecular weight excluding hydrogens is 443 g/mol. The fourth-order valence-corrected chi connectivity index (χ4v) is 3.17. The molecule has 0 atom stereocenters. The zero-order chi connectivity index (χ0) is 17.4. The minimum absolute atomic E-state index is 0. The smallest absolute Gasteiger partial charge is 0.191 e. The van der Waals surface area contributed by atoms with Crippen molar-refractivity contribution in [1.29, 1.82) is 0 Å². The van der Waals surface area contributed by atoms with Gasteiger partial charge in [-0.1, -0.05) is 12.1 Å². The van der Waals surface area contributed by atoms with Crippen LogP contribution in [0, 0.1) is 6.92 Å². The molecule has 0 saturated carbocycles. The van der Waals surface area contributed by atoms with Gasteiger partial charge in [-0.15, -0.1) is 35.3 Å². The van der Waals surface area contributed by atoms with Crippen LogP contribution in [0.15, 0.2) is 40.7 Å². The third-order valence-corrected chi connectivity index (χ3v) is 4.86. The van der Waals surface area contributed by atoms with E-state index < -0.39 is 0 Å². The maximum absolute atomic E-state index is 4.68. The first-order chi connectivity index (χ1) is 11.6. The number of benzene rings is 1.